The second-order valence-electron chi connectivity index (χ2n) is 3.72. The van der Waals surface area contributed by atoms with E-state index in [4.69, 9.17) is 5.73 Å². The number of nitrogens with two attached hydrogens (primary N) is 1. The Morgan fingerprint density at radius 3 is 2.29 bits per heavy atom. The van der Waals surface area contributed by atoms with Gasteiger partial charge in [0.2, 0.25) is 10.0 Å². The molecule has 0 bridgehead atoms. The van der Waals surface area contributed by atoms with Gasteiger partial charge in [-0.25, -0.2) is 16.8 Å². The van der Waals surface area contributed by atoms with E-state index in [0.29, 0.717) is 11.4 Å². The van der Waals surface area contributed by atoms with E-state index in [1.54, 1.807) is 12.1 Å². The summed E-state index contributed by atoms with van der Waals surface area (Å²) in [6.45, 7) is 0. The molecule has 0 amide bonds. The molecule has 2 N–H and O–H groups in total. The summed E-state index contributed by atoms with van der Waals surface area (Å²) in [5.74, 6) is 0. The summed E-state index contributed by atoms with van der Waals surface area (Å²) in [6, 6.07) is 6.20. The minimum absolute atomic E-state index is 0.327. The molecule has 0 aliphatic rings. The Balaban J connectivity index is 3.09. The number of benzene rings is 1. The van der Waals surface area contributed by atoms with Gasteiger partial charge >= 0.3 is 0 Å². The Hall–Kier alpha value is -1.28. The largest absolute Gasteiger partial charge is 0.399 e. The molecule has 0 heterocycles. The second-order valence-corrected chi connectivity index (χ2v) is 8.22. The van der Waals surface area contributed by atoms with E-state index in [9.17, 15) is 16.8 Å². The third-order valence-corrected chi connectivity index (χ3v) is 5.96. The van der Waals surface area contributed by atoms with Crippen molar-refractivity contribution in [2.75, 3.05) is 28.4 Å². The normalized spacial score (nSPS) is 12.4. The minimum Gasteiger partial charge on any atom is -0.399 e. The van der Waals surface area contributed by atoms with Crippen LogP contribution in [0, 0.1) is 0 Å². The Labute approximate surface area is 101 Å². The van der Waals surface area contributed by atoms with E-state index >= 15 is 0 Å². The van der Waals surface area contributed by atoms with Gasteiger partial charge in [0.1, 0.15) is 0 Å². The lowest BCUT2D eigenvalue weighted by Crippen LogP contribution is -2.31. The number of nitrogen functional groups attached to an aromatic ring is 1. The number of anilines is 2. The lowest BCUT2D eigenvalue weighted by Gasteiger charge is -2.19. The maximum Gasteiger partial charge on any atom is 0.249 e. The molecule has 0 unspecified atom stereocenters. The molecular formula is C9H14N2O4S2. The number of sulfone groups is 1. The third-order valence-electron chi connectivity index (χ3n) is 2.01. The van der Waals surface area contributed by atoms with E-state index < -0.39 is 24.9 Å². The summed E-state index contributed by atoms with van der Waals surface area (Å²) in [5, 5.41) is -0.925. The van der Waals surface area contributed by atoms with Crippen LogP contribution in [0.1, 0.15) is 0 Å². The lowest BCUT2D eigenvalue weighted by molar-refractivity contribution is 0.590. The molecule has 0 fully saturated rings. The monoisotopic (exact) mass is 278 g/mol. The standard InChI is InChI=1S/C9H14N2O4S2/c1-11(9-5-3-4-8(10)6-9)17(14,15)7-16(2,12)13/h3-6H,7,10H2,1-2H3. The van der Waals surface area contributed by atoms with Gasteiger partial charge in [0.25, 0.3) is 0 Å². The molecule has 0 spiro atoms. The molecule has 6 nitrogen and oxygen atoms in total. The maximum atomic E-state index is 11.8. The van der Waals surface area contributed by atoms with Gasteiger partial charge in [0.05, 0.1) is 5.69 Å². The molecule has 8 heteroatoms. The summed E-state index contributed by atoms with van der Waals surface area (Å²) in [7, 11) is -6.22. The molecule has 1 aromatic rings. The van der Waals surface area contributed by atoms with Gasteiger partial charge in [0.15, 0.2) is 14.9 Å². The number of rotatable bonds is 4. The van der Waals surface area contributed by atoms with Crippen molar-refractivity contribution in [1.82, 2.24) is 0 Å². The van der Waals surface area contributed by atoms with E-state index in [1.165, 1.54) is 19.2 Å². The van der Waals surface area contributed by atoms with Crippen LogP contribution in [0.25, 0.3) is 0 Å². The van der Waals surface area contributed by atoms with E-state index in [2.05, 4.69) is 0 Å². The van der Waals surface area contributed by atoms with Crippen LogP contribution >= 0.6 is 0 Å². The first-order chi connectivity index (χ1) is 7.62. The van der Waals surface area contributed by atoms with Gasteiger partial charge in [-0.2, -0.15) is 0 Å². The van der Waals surface area contributed by atoms with Crippen molar-refractivity contribution in [1.29, 1.82) is 0 Å². The first-order valence-electron chi connectivity index (χ1n) is 4.62. The summed E-state index contributed by atoms with van der Waals surface area (Å²) in [5.41, 5.74) is 6.26. The molecule has 0 radical (unpaired) electrons. The van der Waals surface area contributed by atoms with Crippen LogP contribution in [-0.4, -0.2) is 35.2 Å². The highest BCUT2D eigenvalue weighted by Crippen LogP contribution is 2.19. The number of hydrogen-bond donors (Lipinski definition) is 1. The second kappa shape index (κ2) is 4.53. The molecular weight excluding hydrogens is 264 g/mol. The Morgan fingerprint density at radius 1 is 1.24 bits per heavy atom. The van der Waals surface area contributed by atoms with Crippen LogP contribution in [0.15, 0.2) is 24.3 Å². The Bertz CT molecular complexity index is 608. The Morgan fingerprint density at radius 2 is 1.82 bits per heavy atom. The molecule has 17 heavy (non-hydrogen) atoms. The molecule has 0 aliphatic carbocycles. The maximum absolute atomic E-state index is 11.8. The van der Waals surface area contributed by atoms with Gasteiger partial charge in [-0.3, -0.25) is 4.31 Å². The highest BCUT2D eigenvalue weighted by molar-refractivity contribution is 8.08. The average molecular weight is 278 g/mol. The van der Waals surface area contributed by atoms with E-state index in [1.807, 2.05) is 0 Å². The smallest absolute Gasteiger partial charge is 0.249 e. The van der Waals surface area contributed by atoms with Crippen molar-refractivity contribution < 1.29 is 16.8 Å². The van der Waals surface area contributed by atoms with Crippen molar-refractivity contribution in [2.24, 2.45) is 0 Å². The first-order valence-corrected chi connectivity index (χ1v) is 8.29. The van der Waals surface area contributed by atoms with Crippen molar-refractivity contribution in [2.45, 2.75) is 0 Å². The van der Waals surface area contributed by atoms with Crippen molar-refractivity contribution in [3.63, 3.8) is 0 Å². The molecule has 96 valence electrons. The van der Waals surface area contributed by atoms with Crippen LogP contribution in [-0.2, 0) is 19.9 Å². The highest BCUT2D eigenvalue weighted by Gasteiger charge is 2.23. The quantitative estimate of drug-likeness (QED) is 0.784. The SMILES string of the molecule is CN(c1cccc(N)c1)S(=O)(=O)CS(C)(=O)=O. The first kappa shape index (κ1) is 13.8. The predicted octanol–water partition coefficient (Wildman–Crippen LogP) is 0.0369. The van der Waals surface area contributed by atoms with Crippen LogP contribution < -0.4 is 10.0 Å². The Kier molecular flexibility index (Phi) is 3.68. The van der Waals surface area contributed by atoms with Gasteiger partial charge in [-0.15, -0.1) is 0 Å². The number of sulfonamides is 1. The average Bonchev–Trinajstić information content (AvgIpc) is 2.12. The van der Waals surface area contributed by atoms with E-state index in [-0.39, 0.29) is 0 Å². The zero-order valence-corrected chi connectivity index (χ0v) is 11.1. The fourth-order valence-corrected chi connectivity index (χ4v) is 4.46. The summed E-state index contributed by atoms with van der Waals surface area (Å²) in [4.78, 5) is 0. The van der Waals surface area contributed by atoms with Crippen molar-refractivity contribution in [3.8, 4) is 0 Å². The van der Waals surface area contributed by atoms with Gasteiger partial charge in [-0.1, -0.05) is 6.07 Å². The van der Waals surface area contributed by atoms with Crippen LogP contribution in [0.5, 0.6) is 0 Å². The molecule has 0 aliphatic heterocycles. The lowest BCUT2D eigenvalue weighted by atomic mass is 10.3. The summed E-state index contributed by atoms with van der Waals surface area (Å²) in [6.07, 6.45) is 0.873. The number of nitrogens with zero attached hydrogens (tertiary/aromatic N) is 1. The van der Waals surface area contributed by atoms with Gasteiger partial charge in [-0.05, 0) is 18.2 Å². The molecule has 0 saturated heterocycles. The van der Waals surface area contributed by atoms with Crippen LogP contribution in [0.2, 0.25) is 0 Å². The highest BCUT2D eigenvalue weighted by atomic mass is 32.3. The van der Waals surface area contributed by atoms with Crippen LogP contribution in [0.3, 0.4) is 0 Å². The van der Waals surface area contributed by atoms with Gasteiger partial charge < -0.3 is 5.73 Å². The molecule has 1 rings (SSSR count). The third kappa shape index (κ3) is 3.90. The van der Waals surface area contributed by atoms with Crippen LogP contribution in [0.4, 0.5) is 11.4 Å². The topological polar surface area (TPSA) is 97.5 Å². The molecule has 1 aromatic carbocycles. The zero-order chi connectivity index (χ0) is 13.3. The van der Waals surface area contributed by atoms with Crippen molar-refractivity contribution >= 4 is 31.2 Å². The zero-order valence-electron chi connectivity index (χ0n) is 9.49. The molecule has 0 aromatic heterocycles. The van der Waals surface area contributed by atoms with Crippen molar-refractivity contribution in [3.05, 3.63) is 24.3 Å². The minimum atomic E-state index is -3.90. The molecule has 0 atom stereocenters. The number of hydrogen-bond acceptors (Lipinski definition) is 5. The fourth-order valence-electron chi connectivity index (χ4n) is 1.23. The fraction of sp³-hybridized carbons (Fsp3) is 0.333. The molecule has 0 saturated carbocycles. The van der Waals surface area contributed by atoms with Gasteiger partial charge in [0, 0.05) is 19.0 Å². The van der Waals surface area contributed by atoms with E-state index in [0.717, 1.165) is 10.6 Å². The summed E-state index contributed by atoms with van der Waals surface area (Å²) < 4.78 is 46.5. The summed E-state index contributed by atoms with van der Waals surface area (Å²) >= 11 is 0. The predicted molar refractivity (Wildman–Crippen MR) is 67.9 cm³/mol.